The maximum atomic E-state index is 8.39. The predicted molar refractivity (Wildman–Crippen MR) is 108 cm³/mol. The molecule has 1 aromatic carbocycles. The summed E-state index contributed by atoms with van der Waals surface area (Å²) in [6.45, 7) is 7.30. The number of allylic oxidation sites excluding steroid dienone is 1. The number of halogens is 1. The van der Waals surface area contributed by atoms with Crippen LogP contribution in [0.2, 0.25) is 0 Å². The molecule has 136 valence electrons. The van der Waals surface area contributed by atoms with Gasteiger partial charge in [-0.05, 0) is 59.4 Å². The van der Waals surface area contributed by atoms with Crippen LogP contribution in [0.1, 0.15) is 45.6 Å². The number of alkyl halides is 1. The van der Waals surface area contributed by atoms with E-state index in [2.05, 4.69) is 71.0 Å². The molecule has 25 heavy (non-hydrogen) atoms. The first-order valence-electron chi connectivity index (χ1n) is 9.08. The average Bonchev–Trinajstić information content (AvgIpc) is 2.59. The van der Waals surface area contributed by atoms with E-state index in [1.165, 1.54) is 12.8 Å². The van der Waals surface area contributed by atoms with Crippen molar-refractivity contribution >= 4 is 21.5 Å². The Balaban J connectivity index is 2.08. The molecular formula is C20H28BrN3O. The SMILES string of the molecule is CC(C)[C@@H]1CC[C@@H](C)CC1Oc1ccc(/C(=C/CN=[N+]=[N-])CBr)cc1. The van der Waals surface area contributed by atoms with Crippen LogP contribution in [-0.2, 0) is 0 Å². The van der Waals surface area contributed by atoms with Gasteiger partial charge in [0.1, 0.15) is 11.9 Å². The summed E-state index contributed by atoms with van der Waals surface area (Å²) < 4.78 is 6.37. The third-order valence-corrected chi connectivity index (χ3v) is 5.70. The molecule has 0 spiro atoms. The molecule has 0 aromatic heterocycles. The number of ether oxygens (including phenoxy) is 1. The van der Waals surface area contributed by atoms with Crippen molar-refractivity contribution in [3.05, 3.63) is 46.3 Å². The fraction of sp³-hybridized carbons (Fsp3) is 0.600. The summed E-state index contributed by atoms with van der Waals surface area (Å²) >= 11 is 3.50. The second-order valence-electron chi connectivity index (χ2n) is 7.28. The van der Waals surface area contributed by atoms with Crippen LogP contribution in [0.15, 0.2) is 35.5 Å². The van der Waals surface area contributed by atoms with E-state index in [1.807, 2.05) is 6.08 Å². The molecule has 0 amide bonds. The van der Waals surface area contributed by atoms with Crippen molar-refractivity contribution in [3.8, 4) is 5.75 Å². The third kappa shape index (κ3) is 5.79. The molecule has 0 bridgehead atoms. The van der Waals surface area contributed by atoms with Gasteiger partial charge >= 0.3 is 0 Å². The summed E-state index contributed by atoms with van der Waals surface area (Å²) in [5, 5.41) is 4.30. The Bertz CT molecular complexity index is 620. The first-order chi connectivity index (χ1) is 12.0. The molecule has 1 aliphatic rings. The highest BCUT2D eigenvalue weighted by Gasteiger charge is 2.32. The van der Waals surface area contributed by atoms with Gasteiger partial charge in [0, 0.05) is 16.8 Å². The standard InChI is InChI=1S/C20H28BrN3O/c1-14(2)19-9-4-15(3)12-20(19)25-18-7-5-16(6-8-18)17(13-21)10-11-23-24-22/h5-8,10,14-15,19-20H,4,9,11-13H2,1-3H3/b17-10+/t15-,19+,20?/m1/s1. The molecule has 0 saturated heterocycles. The van der Waals surface area contributed by atoms with Crippen molar-refractivity contribution in [2.75, 3.05) is 11.9 Å². The zero-order valence-corrected chi connectivity index (χ0v) is 16.9. The normalized spacial score (nSPS) is 24.0. The first-order valence-corrected chi connectivity index (χ1v) is 10.2. The van der Waals surface area contributed by atoms with E-state index in [-0.39, 0.29) is 0 Å². The molecule has 0 heterocycles. The van der Waals surface area contributed by atoms with E-state index >= 15 is 0 Å². The van der Waals surface area contributed by atoms with E-state index in [0.717, 1.165) is 34.6 Å². The lowest BCUT2D eigenvalue weighted by atomic mass is 9.75. The maximum Gasteiger partial charge on any atom is 0.119 e. The number of benzene rings is 1. The fourth-order valence-electron chi connectivity index (χ4n) is 3.61. The van der Waals surface area contributed by atoms with Crippen molar-refractivity contribution in [3.63, 3.8) is 0 Å². The molecule has 0 radical (unpaired) electrons. The van der Waals surface area contributed by atoms with E-state index in [4.69, 9.17) is 10.3 Å². The van der Waals surface area contributed by atoms with E-state index in [1.54, 1.807) is 0 Å². The van der Waals surface area contributed by atoms with Gasteiger partial charge in [0.05, 0.1) is 0 Å². The van der Waals surface area contributed by atoms with Crippen LogP contribution < -0.4 is 4.74 Å². The molecule has 1 aliphatic carbocycles. The lowest BCUT2D eigenvalue weighted by Gasteiger charge is -2.37. The molecule has 1 aromatic rings. The third-order valence-electron chi connectivity index (χ3n) is 5.10. The number of nitrogens with zero attached hydrogens (tertiary/aromatic N) is 3. The Morgan fingerprint density at radius 3 is 2.68 bits per heavy atom. The minimum Gasteiger partial charge on any atom is -0.490 e. The molecule has 3 atom stereocenters. The van der Waals surface area contributed by atoms with Crippen molar-refractivity contribution in [1.29, 1.82) is 0 Å². The average molecular weight is 406 g/mol. The van der Waals surface area contributed by atoms with Crippen LogP contribution in [0.5, 0.6) is 5.75 Å². The minimum absolute atomic E-state index is 0.311. The summed E-state index contributed by atoms with van der Waals surface area (Å²) in [6, 6.07) is 8.26. The van der Waals surface area contributed by atoms with Crippen molar-refractivity contribution in [2.45, 2.75) is 46.1 Å². The van der Waals surface area contributed by atoms with Crippen LogP contribution in [-0.4, -0.2) is 18.0 Å². The minimum atomic E-state index is 0.311. The zero-order valence-electron chi connectivity index (χ0n) is 15.4. The van der Waals surface area contributed by atoms with Gasteiger partial charge in [-0.2, -0.15) is 0 Å². The van der Waals surface area contributed by atoms with Crippen LogP contribution in [0.3, 0.4) is 0 Å². The predicted octanol–water partition coefficient (Wildman–Crippen LogP) is 6.61. The summed E-state index contributed by atoms with van der Waals surface area (Å²) in [6.07, 6.45) is 5.97. The number of azide groups is 1. The topological polar surface area (TPSA) is 58.0 Å². The summed E-state index contributed by atoms with van der Waals surface area (Å²) in [5.41, 5.74) is 10.6. The molecule has 4 nitrogen and oxygen atoms in total. The van der Waals surface area contributed by atoms with E-state index in [0.29, 0.717) is 24.5 Å². The molecule has 2 rings (SSSR count). The van der Waals surface area contributed by atoms with Crippen LogP contribution >= 0.6 is 15.9 Å². The van der Waals surface area contributed by atoms with Crippen molar-refractivity contribution < 1.29 is 4.74 Å². The Hall–Kier alpha value is -1.45. The maximum absolute atomic E-state index is 8.39. The first kappa shape index (κ1) is 19.9. The van der Waals surface area contributed by atoms with Crippen LogP contribution in [0.4, 0.5) is 0 Å². The molecule has 0 N–H and O–H groups in total. The lowest BCUT2D eigenvalue weighted by molar-refractivity contribution is 0.0460. The zero-order chi connectivity index (χ0) is 18.2. The van der Waals surface area contributed by atoms with Gasteiger partial charge in [-0.1, -0.05) is 66.4 Å². The van der Waals surface area contributed by atoms with Crippen LogP contribution in [0, 0.1) is 17.8 Å². The van der Waals surface area contributed by atoms with Crippen molar-refractivity contribution in [1.82, 2.24) is 0 Å². The highest BCUT2D eigenvalue weighted by atomic mass is 79.9. The van der Waals surface area contributed by atoms with Gasteiger partial charge in [0.15, 0.2) is 0 Å². The smallest absolute Gasteiger partial charge is 0.119 e. The largest absolute Gasteiger partial charge is 0.490 e. The summed E-state index contributed by atoms with van der Waals surface area (Å²) in [5.74, 6) is 2.97. The second kappa shape index (κ2) is 9.88. The second-order valence-corrected chi connectivity index (χ2v) is 7.84. The Morgan fingerprint density at radius 2 is 2.08 bits per heavy atom. The monoisotopic (exact) mass is 405 g/mol. The Labute approximate surface area is 159 Å². The van der Waals surface area contributed by atoms with Crippen molar-refractivity contribution in [2.24, 2.45) is 22.9 Å². The highest BCUT2D eigenvalue weighted by Crippen LogP contribution is 2.36. The summed E-state index contributed by atoms with van der Waals surface area (Å²) in [7, 11) is 0. The Morgan fingerprint density at radius 1 is 1.36 bits per heavy atom. The molecule has 1 saturated carbocycles. The van der Waals surface area contributed by atoms with Gasteiger partial charge in [0.2, 0.25) is 0 Å². The molecule has 1 unspecified atom stereocenters. The van der Waals surface area contributed by atoms with Gasteiger partial charge in [-0.15, -0.1) is 0 Å². The number of rotatable bonds is 7. The molecular weight excluding hydrogens is 378 g/mol. The van der Waals surface area contributed by atoms with Crippen LogP contribution in [0.25, 0.3) is 16.0 Å². The molecule has 5 heteroatoms. The van der Waals surface area contributed by atoms with Gasteiger partial charge in [-0.25, -0.2) is 0 Å². The molecule has 0 aliphatic heterocycles. The number of hydrogen-bond donors (Lipinski definition) is 0. The van der Waals surface area contributed by atoms with Gasteiger partial charge < -0.3 is 4.74 Å². The highest BCUT2D eigenvalue weighted by molar-refractivity contribution is 9.09. The quantitative estimate of drug-likeness (QED) is 0.217. The lowest BCUT2D eigenvalue weighted by Crippen LogP contribution is -2.36. The summed E-state index contributed by atoms with van der Waals surface area (Å²) in [4.78, 5) is 2.79. The van der Waals surface area contributed by atoms with E-state index in [9.17, 15) is 0 Å². The van der Waals surface area contributed by atoms with E-state index < -0.39 is 0 Å². The number of hydrogen-bond acceptors (Lipinski definition) is 2. The molecule has 1 fully saturated rings. The fourth-order valence-corrected chi connectivity index (χ4v) is 4.16. The van der Waals surface area contributed by atoms with Gasteiger partial charge in [0.25, 0.3) is 0 Å². The van der Waals surface area contributed by atoms with Gasteiger partial charge in [-0.3, -0.25) is 0 Å². The Kier molecular flexibility index (Phi) is 7.86.